The van der Waals surface area contributed by atoms with Crippen LogP contribution in [0.25, 0.3) is 0 Å². The average molecular weight is 328 g/mol. The number of hydrogen-bond acceptors (Lipinski definition) is 4. The summed E-state index contributed by atoms with van der Waals surface area (Å²) >= 11 is 0. The molecule has 1 rings (SSSR count). The average Bonchev–Trinajstić information content (AvgIpc) is 2.61. The minimum Gasteiger partial charge on any atom is -0.444 e. The molecule has 0 heterocycles. The molecular formula is C18H36N2O3. The number of nitrogens with one attached hydrogen (secondary N) is 2. The molecule has 1 amide bonds. The van der Waals surface area contributed by atoms with E-state index in [4.69, 9.17) is 4.74 Å². The van der Waals surface area contributed by atoms with E-state index in [1.165, 1.54) is 12.8 Å². The summed E-state index contributed by atoms with van der Waals surface area (Å²) in [4.78, 5) is 11.8. The molecule has 23 heavy (non-hydrogen) atoms. The van der Waals surface area contributed by atoms with Crippen LogP contribution in [0.3, 0.4) is 0 Å². The molecule has 0 aromatic rings. The Labute approximate surface area is 141 Å². The number of aliphatic hydroxyl groups is 1. The van der Waals surface area contributed by atoms with Gasteiger partial charge in [-0.3, -0.25) is 0 Å². The van der Waals surface area contributed by atoms with Crippen molar-refractivity contribution >= 4 is 6.09 Å². The van der Waals surface area contributed by atoms with Gasteiger partial charge in [0.1, 0.15) is 5.60 Å². The molecule has 5 heteroatoms. The number of rotatable bonds is 6. The van der Waals surface area contributed by atoms with Gasteiger partial charge in [-0.15, -0.1) is 0 Å². The second-order valence-electron chi connectivity index (χ2n) is 8.11. The van der Waals surface area contributed by atoms with Crippen LogP contribution < -0.4 is 10.6 Å². The lowest BCUT2D eigenvalue weighted by atomic mass is 9.94. The fraction of sp³-hybridized carbons (Fsp3) is 0.944. The van der Waals surface area contributed by atoms with Crippen LogP contribution in [-0.2, 0) is 4.74 Å². The number of aliphatic hydroxyl groups excluding tert-OH is 1. The Hall–Kier alpha value is -0.810. The summed E-state index contributed by atoms with van der Waals surface area (Å²) in [5.74, 6) is 0.762. The molecule has 1 aliphatic carbocycles. The van der Waals surface area contributed by atoms with Gasteiger partial charge in [0.2, 0.25) is 0 Å². The maximum Gasteiger partial charge on any atom is 0.407 e. The molecule has 0 radical (unpaired) electrons. The summed E-state index contributed by atoms with van der Waals surface area (Å²) in [6.45, 7) is 11.3. The van der Waals surface area contributed by atoms with E-state index in [2.05, 4.69) is 24.5 Å². The molecule has 3 unspecified atom stereocenters. The van der Waals surface area contributed by atoms with Crippen molar-refractivity contribution in [2.24, 2.45) is 11.8 Å². The molecule has 0 aromatic carbocycles. The lowest BCUT2D eigenvalue weighted by Crippen LogP contribution is -2.45. The summed E-state index contributed by atoms with van der Waals surface area (Å²) in [5.41, 5.74) is -0.472. The smallest absolute Gasteiger partial charge is 0.407 e. The normalized spacial score (nSPS) is 24.1. The van der Waals surface area contributed by atoms with Gasteiger partial charge in [0.25, 0.3) is 0 Å². The first-order chi connectivity index (χ1) is 10.7. The highest BCUT2D eigenvalue weighted by Crippen LogP contribution is 2.19. The van der Waals surface area contributed by atoms with E-state index in [0.29, 0.717) is 18.4 Å². The van der Waals surface area contributed by atoms with Gasteiger partial charge in [0.15, 0.2) is 0 Å². The zero-order valence-electron chi connectivity index (χ0n) is 15.5. The van der Waals surface area contributed by atoms with Crippen LogP contribution in [0.1, 0.15) is 66.7 Å². The third-order valence-corrected chi connectivity index (χ3v) is 4.47. The van der Waals surface area contributed by atoms with Crippen LogP contribution in [0, 0.1) is 11.8 Å². The van der Waals surface area contributed by atoms with E-state index in [9.17, 15) is 9.90 Å². The third kappa shape index (κ3) is 8.56. The molecule has 0 aliphatic heterocycles. The van der Waals surface area contributed by atoms with Crippen molar-refractivity contribution in [3.05, 3.63) is 0 Å². The Morgan fingerprint density at radius 1 is 1.17 bits per heavy atom. The second-order valence-corrected chi connectivity index (χ2v) is 8.11. The topological polar surface area (TPSA) is 70.6 Å². The number of carbonyl (C=O) groups is 1. The zero-order chi connectivity index (χ0) is 17.5. The lowest BCUT2D eigenvalue weighted by Gasteiger charge is -2.28. The predicted molar refractivity (Wildman–Crippen MR) is 93.4 cm³/mol. The molecule has 5 nitrogen and oxygen atoms in total. The summed E-state index contributed by atoms with van der Waals surface area (Å²) in [5, 5.41) is 16.6. The SMILES string of the molecule is CC(C)C(CNC(=O)OC(C)(C)C)CNC1CCCCCC1O. The van der Waals surface area contributed by atoms with Gasteiger partial charge in [-0.25, -0.2) is 4.79 Å². The van der Waals surface area contributed by atoms with Gasteiger partial charge in [0.05, 0.1) is 6.10 Å². The quantitative estimate of drug-likeness (QED) is 0.655. The van der Waals surface area contributed by atoms with Crippen molar-refractivity contribution in [1.82, 2.24) is 10.6 Å². The minimum absolute atomic E-state index is 0.181. The van der Waals surface area contributed by atoms with E-state index in [0.717, 1.165) is 25.8 Å². The fourth-order valence-corrected chi connectivity index (χ4v) is 2.90. The van der Waals surface area contributed by atoms with E-state index in [1.54, 1.807) is 0 Å². The van der Waals surface area contributed by atoms with Gasteiger partial charge in [0, 0.05) is 19.1 Å². The number of amides is 1. The van der Waals surface area contributed by atoms with Crippen molar-refractivity contribution in [2.75, 3.05) is 13.1 Å². The van der Waals surface area contributed by atoms with E-state index in [-0.39, 0.29) is 18.2 Å². The first-order valence-corrected chi connectivity index (χ1v) is 9.07. The maximum atomic E-state index is 11.8. The Morgan fingerprint density at radius 3 is 2.43 bits per heavy atom. The zero-order valence-corrected chi connectivity index (χ0v) is 15.5. The molecule has 1 saturated carbocycles. The summed E-state index contributed by atoms with van der Waals surface area (Å²) in [6, 6.07) is 0.181. The number of alkyl carbamates (subject to hydrolysis) is 1. The first-order valence-electron chi connectivity index (χ1n) is 9.07. The van der Waals surface area contributed by atoms with Gasteiger partial charge in [-0.2, -0.15) is 0 Å². The van der Waals surface area contributed by atoms with Crippen molar-refractivity contribution < 1.29 is 14.6 Å². The highest BCUT2D eigenvalue weighted by Gasteiger charge is 2.24. The molecule has 1 fully saturated rings. The monoisotopic (exact) mass is 328 g/mol. The van der Waals surface area contributed by atoms with E-state index in [1.807, 2.05) is 20.8 Å². The van der Waals surface area contributed by atoms with Crippen LogP contribution >= 0.6 is 0 Å². The predicted octanol–water partition coefficient (Wildman–Crippen LogP) is 3.07. The molecule has 0 spiro atoms. The van der Waals surface area contributed by atoms with Crippen LogP contribution in [0.4, 0.5) is 4.79 Å². The summed E-state index contributed by atoms with van der Waals surface area (Å²) in [7, 11) is 0. The Kier molecular flexibility index (Phi) is 8.34. The van der Waals surface area contributed by atoms with Crippen LogP contribution in [-0.4, -0.2) is 42.0 Å². The van der Waals surface area contributed by atoms with E-state index < -0.39 is 5.60 Å². The van der Waals surface area contributed by atoms with Gasteiger partial charge >= 0.3 is 6.09 Å². The van der Waals surface area contributed by atoms with Crippen LogP contribution in [0.2, 0.25) is 0 Å². The molecule has 0 saturated heterocycles. The molecule has 1 aliphatic rings. The molecule has 3 N–H and O–H groups in total. The maximum absolute atomic E-state index is 11.8. The summed E-state index contributed by atoms with van der Waals surface area (Å²) < 4.78 is 5.29. The van der Waals surface area contributed by atoms with Crippen LogP contribution in [0.15, 0.2) is 0 Å². The highest BCUT2D eigenvalue weighted by molar-refractivity contribution is 5.67. The first kappa shape index (κ1) is 20.2. The summed E-state index contributed by atoms with van der Waals surface area (Å²) in [6.07, 6.45) is 4.82. The Bertz CT molecular complexity index is 353. The van der Waals surface area contributed by atoms with Crippen molar-refractivity contribution in [2.45, 2.75) is 84.5 Å². The van der Waals surface area contributed by atoms with Crippen LogP contribution in [0.5, 0.6) is 0 Å². The highest BCUT2D eigenvalue weighted by atomic mass is 16.6. The molecule has 3 atom stereocenters. The number of hydrogen-bond donors (Lipinski definition) is 3. The Morgan fingerprint density at radius 2 is 1.83 bits per heavy atom. The minimum atomic E-state index is -0.472. The van der Waals surface area contributed by atoms with Gasteiger partial charge < -0.3 is 20.5 Å². The second kappa shape index (κ2) is 9.48. The largest absolute Gasteiger partial charge is 0.444 e. The third-order valence-electron chi connectivity index (χ3n) is 4.47. The van der Waals surface area contributed by atoms with Crippen molar-refractivity contribution in [3.8, 4) is 0 Å². The lowest BCUT2D eigenvalue weighted by molar-refractivity contribution is 0.0512. The molecular weight excluding hydrogens is 292 g/mol. The number of carbonyl (C=O) groups excluding carboxylic acids is 1. The van der Waals surface area contributed by atoms with Gasteiger partial charge in [-0.05, 0) is 45.4 Å². The Balaban J connectivity index is 2.41. The standard InChI is InChI=1S/C18H36N2O3/c1-13(2)14(12-20-17(22)23-18(3,4)5)11-19-15-9-7-6-8-10-16(15)21/h13-16,19,21H,6-12H2,1-5H3,(H,20,22). The number of ether oxygens (including phenoxy) is 1. The van der Waals surface area contributed by atoms with Gasteiger partial charge in [-0.1, -0.05) is 33.1 Å². The molecule has 0 bridgehead atoms. The van der Waals surface area contributed by atoms with Crippen molar-refractivity contribution in [1.29, 1.82) is 0 Å². The molecule has 0 aromatic heterocycles. The fourth-order valence-electron chi connectivity index (χ4n) is 2.90. The van der Waals surface area contributed by atoms with E-state index >= 15 is 0 Å². The van der Waals surface area contributed by atoms with Crippen molar-refractivity contribution in [3.63, 3.8) is 0 Å². The molecule has 136 valence electrons.